The third-order valence-corrected chi connectivity index (χ3v) is 4.93. The average molecular weight is 304 g/mol. The maximum absolute atomic E-state index is 12.2. The van der Waals surface area contributed by atoms with Crippen LogP contribution in [0.3, 0.4) is 0 Å². The molecule has 2 heterocycles. The zero-order valence-corrected chi connectivity index (χ0v) is 13.7. The molecule has 0 atom stereocenters. The van der Waals surface area contributed by atoms with E-state index in [0.29, 0.717) is 18.4 Å². The zero-order chi connectivity index (χ0) is 15.4. The number of anilines is 1. The van der Waals surface area contributed by atoms with Gasteiger partial charge >= 0.3 is 0 Å². The summed E-state index contributed by atoms with van der Waals surface area (Å²) in [4.78, 5) is 14.4. The Morgan fingerprint density at radius 1 is 1.18 bits per heavy atom. The van der Waals surface area contributed by atoms with E-state index in [-0.39, 0.29) is 5.91 Å². The van der Waals surface area contributed by atoms with Crippen LogP contribution in [0.15, 0.2) is 6.07 Å². The van der Waals surface area contributed by atoms with Crippen molar-refractivity contribution in [3.8, 4) is 0 Å². The van der Waals surface area contributed by atoms with Gasteiger partial charge in [0.1, 0.15) is 0 Å². The lowest BCUT2D eigenvalue weighted by Crippen LogP contribution is -2.36. The highest BCUT2D eigenvalue weighted by Gasteiger charge is 2.19. The smallest absolute Gasteiger partial charge is 0.239 e. The van der Waals surface area contributed by atoms with Crippen molar-refractivity contribution < 1.29 is 4.79 Å². The Labute approximate surface area is 133 Å². The largest absolute Gasteiger partial charge is 0.308 e. The molecule has 2 aliphatic rings. The summed E-state index contributed by atoms with van der Waals surface area (Å²) in [6.07, 6.45) is 10.1. The van der Waals surface area contributed by atoms with Crippen molar-refractivity contribution in [3.05, 3.63) is 11.8 Å². The van der Waals surface area contributed by atoms with Crippen molar-refractivity contribution in [2.75, 3.05) is 25.0 Å². The fourth-order valence-corrected chi connectivity index (χ4v) is 3.75. The van der Waals surface area contributed by atoms with Gasteiger partial charge in [0.2, 0.25) is 5.91 Å². The quantitative estimate of drug-likeness (QED) is 0.930. The van der Waals surface area contributed by atoms with E-state index in [2.05, 4.69) is 26.9 Å². The molecule has 5 heteroatoms. The predicted molar refractivity (Wildman–Crippen MR) is 88.0 cm³/mol. The number of amides is 1. The molecule has 3 rings (SSSR count). The van der Waals surface area contributed by atoms with E-state index < -0.39 is 0 Å². The van der Waals surface area contributed by atoms with Crippen LogP contribution in [0, 0.1) is 6.92 Å². The summed E-state index contributed by atoms with van der Waals surface area (Å²) < 4.78 is 2.12. The second-order valence-corrected chi connectivity index (χ2v) is 6.79. The van der Waals surface area contributed by atoms with Crippen LogP contribution in [-0.2, 0) is 4.79 Å². The molecule has 122 valence electrons. The van der Waals surface area contributed by atoms with Crippen LogP contribution >= 0.6 is 0 Å². The zero-order valence-electron chi connectivity index (χ0n) is 13.7. The number of piperidine rings is 1. The van der Waals surface area contributed by atoms with Gasteiger partial charge in [-0.3, -0.25) is 14.4 Å². The first-order valence-corrected chi connectivity index (χ1v) is 8.81. The number of rotatable bonds is 4. The molecule has 22 heavy (non-hydrogen) atoms. The molecule has 1 aliphatic carbocycles. The third-order valence-electron chi connectivity index (χ3n) is 4.93. The summed E-state index contributed by atoms with van der Waals surface area (Å²) >= 11 is 0. The minimum atomic E-state index is 0.0650. The van der Waals surface area contributed by atoms with Crippen molar-refractivity contribution in [1.29, 1.82) is 0 Å². The Bertz CT molecular complexity index is 499. The van der Waals surface area contributed by atoms with E-state index >= 15 is 0 Å². The number of carbonyl (C=O) groups excluding carboxylic acids is 1. The number of nitrogens with zero attached hydrogens (tertiary/aromatic N) is 3. The van der Waals surface area contributed by atoms with Crippen LogP contribution in [-0.4, -0.2) is 40.2 Å². The Kier molecular flexibility index (Phi) is 5.13. The number of aromatic nitrogens is 2. The van der Waals surface area contributed by atoms with Gasteiger partial charge in [-0.05, 0) is 45.7 Å². The van der Waals surface area contributed by atoms with Gasteiger partial charge in [-0.15, -0.1) is 0 Å². The Balaban J connectivity index is 1.56. The van der Waals surface area contributed by atoms with E-state index in [9.17, 15) is 4.79 Å². The third kappa shape index (κ3) is 3.88. The summed E-state index contributed by atoms with van der Waals surface area (Å²) in [7, 11) is 0. The number of aryl methyl sites for hydroxylation is 1. The average Bonchev–Trinajstić information content (AvgIpc) is 2.89. The van der Waals surface area contributed by atoms with Crippen LogP contribution in [0.5, 0.6) is 0 Å². The van der Waals surface area contributed by atoms with Crippen LogP contribution < -0.4 is 5.32 Å². The Hall–Kier alpha value is -1.36. The molecule has 1 N–H and O–H groups in total. The molecule has 0 spiro atoms. The minimum absolute atomic E-state index is 0.0650. The van der Waals surface area contributed by atoms with E-state index in [1.807, 2.05) is 6.07 Å². The minimum Gasteiger partial charge on any atom is -0.308 e. The highest BCUT2D eigenvalue weighted by molar-refractivity contribution is 5.91. The van der Waals surface area contributed by atoms with Gasteiger partial charge in [-0.2, -0.15) is 5.10 Å². The summed E-state index contributed by atoms with van der Waals surface area (Å²) in [6.45, 7) is 4.67. The van der Waals surface area contributed by atoms with E-state index in [4.69, 9.17) is 0 Å². The molecule has 0 aromatic carbocycles. The molecule has 1 aromatic heterocycles. The molecule has 5 nitrogen and oxygen atoms in total. The molecule has 1 saturated carbocycles. The Morgan fingerprint density at radius 2 is 1.86 bits per heavy atom. The lowest BCUT2D eigenvalue weighted by Gasteiger charge is -2.25. The number of likely N-dealkylation sites (tertiary alicyclic amines) is 1. The number of hydrogen-bond acceptors (Lipinski definition) is 3. The van der Waals surface area contributed by atoms with Gasteiger partial charge in [0, 0.05) is 11.8 Å². The summed E-state index contributed by atoms with van der Waals surface area (Å²) in [5.74, 6) is 0.778. The molecule has 0 radical (unpaired) electrons. The van der Waals surface area contributed by atoms with Crippen molar-refractivity contribution >= 4 is 11.7 Å². The van der Waals surface area contributed by atoms with Crippen molar-refractivity contribution in [1.82, 2.24) is 14.7 Å². The monoisotopic (exact) mass is 304 g/mol. The molecule has 1 aliphatic heterocycles. The maximum Gasteiger partial charge on any atom is 0.239 e. The first kappa shape index (κ1) is 15.5. The highest BCUT2D eigenvalue weighted by atomic mass is 16.2. The fraction of sp³-hybridized carbons (Fsp3) is 0.765. The lowest BCUT2D eigenvalue weighted by atomic mass is 9.95. The molecular formula is C17H28N4O. The number of carbonyl (C=O) groups is 1. The number of nitrogens with one attached hydrogen (secondary N) is 1. The van der Waals surface area contributed by atoms with E-state index in [1.54, 1.807) is 0 Å². The predicted octanol–water partition coefficient (Wildman–Crippen LogP) is 3.12. The molecular weight excluding hydrogens is 276 g/mol. The van der Waals surface area contributed by atoms with E-state index in [1.165, 1.54) is 51.4 Å². The number of hydrogen-bond donors (Lipinski definition) is 1. The summed E-state index contributed by atoms with van der Waals surface area (Å²) in [6, 6.07) is 2.52. The molecule has 0 unspecified atom stereocenters. The lowest BCUT2D eigenvalue weighted by molar-refractivity contribution is -0.117. The van der Waals surface area contributed by atoms with Crippen LogP contribution in [0.25, 0.3) is 0 Å². The van der Waals surface area contributed by atoms with Gasteiger partial charge in [-0.25, -0.2) is 0 Å². The molecule has 0 bridgehead atoms. The van der Waals surface area contributed by atoms with Gasteiger partial charge in [0.15, 0.2) is 5.82 Å². The van der Waals surface area contributed by atoms with Crippen LogP contribution in [0.1, 0.15) is 63.1 Å². The van der Waals surface area contributed by atoms with Gasteiger partial charge in [-0.1, -0.05) is 25.7 Å². The van der Waals surface area contributed by atoms with Crippen molar-refractivity contribution in [2.24, 2.45) is 0 Å². The van der Waals surface area contributed by atoms with Crippen molar-refractivity contribution in [3.63, 3.8) is 0 Å². The molecule has 2 fully saturated rings. The second-order valence-electron chi connectivity index (χ2n) is 6.79. The highest BCUT2D eigenvalue weighted by Crippen LogP contribution is 2.29. The fourth-order valence-electron chi connectivity index (χ4n) is 3.75. The van der Waals surface area contributed by atoms with Gasteiger partial charge < -0.3 is 5.32 Å². The SMILES string of the molecule is Cc1cc(NC(=O)CN2CCCCC2)nn1C1CCCCC1. The normalized spacial score (nSPS) is 21.0. The van der Waals surface area contributed by atoms with Gasteiger partial charge in [0.25, 0.3) is 0 Å². The topological polar surface area (TPSA) is 50.2 Å². The van der Waals surface area contributed by atoms with Crippen LogP contribution in [0.4, 0.5) is 5.82 Å². The van der Waals surface area contributed by atoms with Crippen LogP contribution in [0.2, 0.25) is 0 Å². The second kappa shape index (κ2) is 7.27. The first-order chi connectivity index (χ1) is 10.7. The molecule has 1 amide bonds. The van der Waals surface area contributed by atoms with Gasteiger partial charge in [0.05, 0.1) is 12.6 Å². The molecule has 1 saturated heterocycles. The van der Waals surface area contributed by atoms with Crippen molar-refractivity contribution in [2.45, 2.75) is 64.3 Å². The Morgan fingerprint density at radius 3 is 2.59 bits per heavy atom. The first-order valence-electron chi connectivity index (χ1n) is 8.81. The maximum atomic E-state index is 12.2. The molecule has 1 aromatic rings. The summed E-state index contributed by atoms with van der Waals surface area (Å²) in [5.41, 5.74) is 1.15. The standard InChI is InChI=1S/C17H28N4O/c1-14-12-16(19-21(14)15-8-4-2-5-9-15)18-17(22)13-20-10-6-3-7-11-20/h12,15H,2-11,13H2,1H3,(H,18,19,22). The summed E-state index contributed by atoms with van der Waals surface area (Å²) in [5, 5.41) is 7.61. The van der Waals surface area contributed by atoms with E-state index in [0.717, 1.165) is 18.8 Å².